The summed E-state index contributed by atoms with van der Waals surface area (Å²) in [5.41, 5.74) is 7.81. The number of hydrogen-bond donors (Lipinski definition) is 2. The Morgan fingerprint density at radius 3 is 2.40 bits per heavy atom. The van der Waals surface area contributed by atoms with Gasteiger partial charge in [-0.2, -0.15) is 5.26 Å². The number of nitrogens with zero attached hydrogens (tertiary/aromatic N) is 4. The van der Waals surface area contributed by atoms with Crippen molar-refractivity contribution in [3.63, 3.8) is 0 Å². The number of benzene rings is 3. The summed E-state index contributed by atoms with van der Waals surface area (Å²) in [4.78, 5) is 8.85. The Morgan fingerprint density at radius 1 is 0.849 bits per heavy atom. The molecule has 0 saturated carbocycles. The zero-order valence-corrected chi connectivity index (χ0v) is 31.7. The lowest BCUT2D eigenvalue weighted by atomic mass is 9.93. The Hall–Kier alpha value is -4.17. The minimum Gasteiger partial charge on any atom is -0.493 e. The van der Waals surface area contributed by atoms with Crippen LogP contribution in [0, 0.1) is 31.1 Å². The third kappa shape index (κ3) is 10.3. The molecule has 2 fully saturated rings. The zero-order valence-electron chi connectivity index (χ0n) is 30.9. The van der Waals surface area contributed by atoms with E-state index in [4.69, 9.17) is 25.8 Å². The largest absolute Gasteiger partial charge is 0.493 e. The number of pyridine rings is 1. The number of nitriles is 1. The summed E-state index contributed by atoms with van der Waals surface area (Å²) in [6.45, 7) is 10.3. The molecule has 2 aliphatic rings. The average molecular weight is 739 g/mol. The fourth-order valence-electron chi connectivity index (χ4n) is 7.46. The maximum atomic E-state index is 9.91. The van der Waals surface area contributed by atoms with E-state index in [0.717, 1.165) is 90.3 Å². The zero-order chi connectivity index (χ0) is 37.2. The van der Waals surface area contributed by atoms with Gasteiger partial charge in [-0.3, -0.25) is 9.88 Å². The van der Waals surface area contributed by atoms with Crippen molar-refractivity contribution >= 4 is 11.6 Å². The molecule has 2 aliphatic heterocycles. The topological polar surface area (TPSA) is 111 Å². The van der Waals surface area contributed by atoms with Crippen molar-refractivity contribution < 1.29 is 24.4 Å². The molecule has 4 aromatic rings. The fourth-order valence-corrected chi connectivity index (χ4v) is 7.70. The van der Waals surface area contributed by atoms with Crippen LogP contribution in [-0.4, -0.2) is 77.0 Å². The van der Waals surface area contributed by atoms with Crippen molar-refractivity contribution in [3.8, 4) is 34.4 Å². The third-order valence-corrected chi connectivity index (χ3v) is 10.7. The average Bonchev–Trinajstić information content (AvgIpc) is 3.18. The van der Waals surface area contributed by atoms with E-state index in [-0.39, 0.29) is 13.2 Å². The number of β-amino-alcohol motifs (C(OH)–C–C–N with tert-alkyl or cyclic N) is 1. The molecule has 2 N–H and O–H groups in total. The highest BCUT2D eigenvalue weighted by Crippen LogP contribution is 2.37. The number of piperidine rings is 2. The van der Waals surface area contributed by atoms with Crippen LogP contribution < -0.4 is 14.2 Å². The molecule has 0 radical (unpaired) electrons. The van der Waals surface area contributed by atoms with Crippen LogP contribution in [-0.2, 0) is 19.8 Å². The second-order valence-electron chi connectivity index (χ2n) is 14.4. The summed E-state index contributed by atoms with van der Waals surface area (Å²) in [5.74, 6) is 2.49. The second-order valence-corrected chi connectivity index (χ2v) is 14.8. The molecule has 53 heavy (non-hydrogen) atoms. The highest BCUT2D eigenvalue weighted by molar-refractivity contribution is 6.32. The van der Waals surface area contributed by atoms with E-state index in [1.807, 2.05) is 24.3 Å². The molecule has 0 amide bonds. The van der Waals surface area contributed by atoms with Crippen LogP contribution in [0.2, 0.25) is 5.02 Å². The van der Waals surface area contributed by atoms with E-state index < -0.39 is 6.10 Å². The molecule has 0 bridgehead atoms. The van der Waals surface area contributed by atoms with Gasteiger partial charge in [0.25, 0.3) is 0 Å². The summed E-state index contributed by atoms with van der Waals surface area (Å²) in [6, 6.07) is 20.3. The van der Waals surface area contributed by atoms with Crippen LogP contribution in [0.25, 0.3) is 11.1 Å². The lowest BCUT2D eigenvalue weighted by molar-refractivity contribution is 0.0386. The van der Waals surface area contributed by atoms with Crippen LogP contribution in [0.3, 0.4) is 0 Å². The second kappa shape index (κ2) is 18.7. The van der Waals surface area contributed by atoms with Gasteiger partial charge in [0.05, 0.1) is 29.9 Å². The Morgan fingerprint density at radius 2 is 1.60 bits per heavy atom. The van der Waals surface area contributed by atoms with Crippen molar-refractivity contribution in [3.05, 3.63) is 105 Å². The van der Waals surface area contributed by atoms with E-state index in [2.05, 4.69) is 59.0 Å². The van der Waals surface area contributed by atoms with Crippen molar-refractivity contribution in [2.45, 2.75) is 71.8 Å². The first-order valence-electron chi connectivity index (χ1n) is 18.8. The molecule has 3 heterocycles. The predicted molar refractivity (Wildman–Crippen MR) is 207 cm³/mol. The Kier molecular flexibility index (Phi) is 13.6. The first kappa shape index (κ1) is 38.6. The quantitative estimate of drug-likeness (QED) is 0.128. The normalized spacial score (nSPS) is 17.2. The fraction of sp³-hybridized carbons (Fsp3) is 0.442. The highest BCUT2D eigenvalue weighted by Gasteiger charge is 2.23. The molecule has 0 aliphatic carbocycles. The maximum absolute atomic E-state index is 9.91. The number of halogens is 1. The SMILES string of the molecule is Cc1c(COc2cc(OCc3cncc(C#N)c3)c(CN3CCCCC3)cc2Cl)cccc1-c1cccc(OC[C@@H]2CCCN(CC(O)CO)C2)c1C. The number of rotatable bonds is 15. The summed E-state index contributed by atoms with van der Waals surface area (Å²) in [7, 11) is 0. The number of ether oxygens (including phenoxy) is 3. The number of hydrogen-bond acceptors (Lipinski definition) is 9. The van der Waals surface area contributed by atoms with E-state index in [1.54, 1.807) is 18.5 Å². The molecular formula is C43H51ClN4O5. The minimum absolute atomic E-state index is 0.216. The number of aliphatic hydroxyl groups is 2. The van der Waals surface area contributed by atoms with Crippen molar-refractivity contribution in [1.82, 2.24) is 14.8 Å². The van der Waals surface area contributed by atoms with Gasteiger partial charge in [0.2, 0.25) is 0 Å². The monoisotopic (exact) mass is 738 g/mol. The van der Waals surface area contributed by atoms with Crippen LogP contribution in [0.15, 0.2) is 67.0 Å². The van der Waals surface area contributed by atoms with Crippen LogP contribution in [0.4, 0.5) is 0 Å². The van der Waals surface area contributed by atoms with E-state index in [9.17, 15) is 15.5 Å². The summed E-state index contributed by atoms with van der Waals surface area (Å²) in [5, 5.41) is 29.1. The number of aromatic nitrogens is 1. The molecule has 2 atom stereocenters. The lowest BCUT2D eigenvalue weighted by Gasteiger charge is -2.33. The van der Waals surface area contributed by atoms with Gasteiger partial charge in [0, 0.05) is 55.1 Å². The summed E-state index contributed by atoms with van der Waals surface area (Å²) >= 11 is 6.89. The van der Waals surface area contributed by atoms with Crippen LogP contribution in [0.5, 0.6) is 17.2 Å². The van der Waals surface area contributed by atoms with Gasteiger partial charge < -0.3 is 29.3 Å². The molecule has 1 unspecified atom stereocenters. The molecule has 3 aromatic carbocycles. The molecule has 1 aromatic heterocycles. The van der Waals surface area contributed by atoms with Gasteiger partial charge in [-0.25, -0.2) is 0 Å². The Bertz CT molecular complexity index is 1870. The van der Waals surface area contributed by atoms with Gasteiger partial charge >= 0.3 is 0 Å². The van der Waals surface area contributed by atoms with Gasteiger partial charge in [-0.15, -0.1) is 0 Å². The van der Waals surface area contributed by atoms with E-state index in [1.165, 1.54) is 19.3 Å². The minimum atomic E-state index is -0.709. The Labute approximate surface area is 318 Å². The number of aliphatic hydroxyl groups excluding tert-OH is 2. The maximum Gasteiger partial charge on any atom is 0.142 e. The molecule has 0 spiro atoms. The third-order valence-electron chi connectivity index (χ3n) is 10.4. The van der Waals surface area contributed by atoms with Gasteiger partial charge in [-0.05, 0) is 105 Å². The standard InChI is InChI=1S/C43H51ClN4O5/c1-30-35(10-6-11-38(30)39-12-7-13-41(31(39)2)51-27-32-9-8-16-48(23-32)25-37(50)26-49)29-53-43-19-42(52-28-34-17-33(20-45)21-46-22-34)36(18-40(43)44)24-47-14-4-3-5-15-47/h6-7,10-13,17-19,21-22,32,37,49-50H,3-5,8-9,14-16,23-29H2,1-2H3/t32-,37?/m1/s1. The van der Waals surface area contributed by atoms with Gasteiger partial charge in [-0.1, -0.05) is 48.4 Å². The van der Waals surface area contributed by atoms with Crippen molar-refractivity contribution in [1.29, 1.82) is 5.26 Å². The molecule has 10 heteroatoms. The van der Waals surface area contributed by atoms with Crippen LogP contribution >= 0.6 is 11.6 Å². The first-order chi connectivity index (χ1) is 25.8. The lowest BCUT2D eigenvalue weighted by Crippen LogP contribution is -2.42. The summed E-state index contributed by atoms with van der Waals surface area (Å²) < 4.78 is 19.2. The van der Waals surface area contributed by atoms with E-state index >= 15 is 0 Å². The number of likely N-dealkylation sites (tertiary alicyclic amines) is 2. The smallest absolute Gasteiger partial charge is 0.142 e. The summed E-state index contributed by atoms with van der Waals surface area (Å²) in [6.07, 6.45) is 8.32. The van der Waals surface area contributed by atoms with Gasteiger partial charge in [0.15, 0.2) is 0 Å². The molecule has 9 nitrogen and oxygen atoms in total. The first-order valence-corrected chi connectivity index (χ1v) is 19.2. The Balaban J connectivity index is 1.16. The molecule has 6 rings (SSSR count). The van der Waals surface area contributed by atoms with Gasteiger partial charge in [0.1, 0.15) is 36.5 Å². The van der Waals surface area contributed by atoms with Crippen molar-refractivity contribution in [2.24, 2.45) is 5.92 Å². The molecule has 2 saturated heterocycles. The van der Waals surface area contributed by atoms with Crippen LogP contribution in [0.1, 0.15) is 65.5 Å². The van der Waals surface area contributed by atoms with Crippen molar-refractivity contribution in [2.75, 3.05) is 45.9 Å². The highest BCUT2D eigenvalue weighted by atomic mass is 35.5. The molecular weight excluding hydrogens is 688 g/mol. The molecule has 280 valence electrons. The van der Waals surface area contributed by atoms with E-state index in [0.29, 0.717) is 47.8 Å². The predicted octanol–water partition coefficient (Wildman–Crippen LogP) is 7.48.